The molecule has 3 N–H and O–H groups in total. The number of rotatable bonds is 7. The molecular weight excluding hydrogens is 382 g/mol. The summed E-state index contributed by atoms with van der Waals surface area (Å²) in [5.41, 5.74) is 2.00. The third-order valence-electron chi connectivity index (χ3n) is 3.93. The zero-order chi connectivity index (χ0) is 18.6. The minimum absolute atomic E-state index is 0.0498. The van der Waals surface area contributed by atoms with Gasteiger partial charge in [0.2, 0.25) is 5.88 Å². The monoisotopic (exact) mass is 399 g/mol. The zero-order valence-electron chi connectivity index (χ0n) is 14.3. The lowest BCUT2D eigenvalue weighted by Gasteiger charge is -2.07. The summed E-state index contributed by atoms with van der Waals surface area (Å²) in [4.78, 5) is 18.5. The summed E-state index contributed by atoms with van der Waals surface area (Å²) in [5, 5.41) is 13.8. The van der Waals surface area contributed by atoms with Crippen molar-refractivity contribution in [3.05, 3.63) is 68.6 Å². The first kappa shape index (κ1) is 17.6. The minimum Gasteiger partial charge on any atom is -0.494 e. The predicted molar refractivity (Wildman–Crippen MR) is 109 cm³/mol. The molecule has 2 heterocycles. The standard InChI is InChI=1S/C19H17N3O3S2/c23-17-16(27-19(24)22-17)11-12-5-7-13(8-6-12)25-10-9-20-18-21-14-3-1-2-4-15(14)26-18/h1-8,23H,9-11H2,(H,20,21)(H,22,24). The quantitative estimate of drug-likeness (QED) is 0.411. The first-order chi connectivity index (χ1) is 13.2. The van der Waals surface area contributed by atoms with Gasteiger partial charge in [0.1, 0.15) is 12.4 Å². The summed E-state index contributed by atoms with van der Waals surface area (Å²) in [6, 6.07) is 15.7. The lowest BCUT2D eigenvalue weighted by atomic mass is 10.1. The van der Waals surface area contributed by atoms with Gasteiger partial charge in [-0.25, -0.2) is 4.98 Å². The first-order valence-corrected chi connectivity index (χ1v) is 10.0. The molecule has 0 radical (unpaired) electrons. The SMILES string of the molecule is O=c1[nH]c(O)c(Cc2ccc(OCCNc3nc4ccccc4s3)cc2)s1. The van der Waals surface area contributed by atoms with Gasteiger partial charge in [-0.3, -0.25) is 9.78 Å². The van der Waals surface area contributed by atoms with E-state index in [1.54, 1.807) is 11.3 Å². The molecule has 0 spiro atoms. The molecule has 27 heavy (non-hydrogen) atoms. The molecule has 0 fully saturated rings. The summed E-state index contributed by atoms with van der Waals surface area (Å²) in [5.74, 6) is 0.725. The first-order valence-electron chi connectivity index (χ1n) is 8.39. The van der Waals surface area contributed by atoms with E-state index in [1.165, 1.54) is 0 Å². The van der Waals surface area contributed by atoms with Crippen LogP contribution in [0.5, 0.6) is 11.6 Å². The molecule has 0 bridgehead atoms. The van der Waals surface area contributed by atoms with Gasteiger partial charge in [0.25, 0.3) is 0 Å². The number of H-pyrrole nitrogens is 1. The third-order valence-corrected chi connectivity index (χ3v) is 5.80. The maximum atomic E-state index is 11.2. The highest BCUT2D eigenvalue weighted by atomic mass is 32.1. The van der Waals surface area contributed by atoms with E-state index in [9.17, 15) is 9.90 Å². The fourth-order valence-corrected chi connectivity index (χ4v) is 4.28. The van der Waals surface area contributed by atoms with E-state index in [0.29, 0.717) is 24.4 Å². The lowest BCUT2D eigenvalue weighted by Crippen LogP contribution is -2.11. The van der Waals surface area contributed by atoms with Gasteiger partial charge in [-0.05, 0) is 29.8 Å². The van der Waals surface area contributed by atoms with Crippen LogP contribution in [0.4, 0.5) is 5.13 Å². The molecule has 0 saturated carbocycles. The average Bonchev–Trinajstić information content (AvgIpc) is 3.22. The average molecular weight is 399 g/mol. The van der Waals surface area contributed by atoms with Gasteiger partial charge in [0.05, 0.1) is 21.6 Å². The van der Waals surface area contributed by atoms with Crippen LogP contribution in [-0.4, -0.2) is 28.2 Å². The van der Waals surface area contributed by atoms with Crippen LogP contribution in [0.3, 0.4) is 0 Å². The molecular formula is C19H17N3O3S2. The molecule has 6 nitrogen and oxygen atoms in total. The Morgan fingerprint density at radius 1 is 1.11 bits per heavy atom. The predicted octanol–water partition coefficient (Wildman–Crippen LogP) is 3.83. The molecule has 138 valence electrons. The van der Waals surface area contributed by atoms with Crippen LogP contribution in [0.25, 0.3) is 10.2 Å². The Labute approximate surface area is 163 Å². The molecule has 0 unspecified atom stereocenters. The Hall–Kier alpha value is -2.84. The van der Waals surface area contributed by atoms with Gasteiger partial charge < -0.3 is 15.2 Å². The summed E-state index contributed by atoms with van der Waals surface area (Å²) in [6.07, 6.45) is 0.509. The largest absolute Gasteiger partial charge is 0.494 e. The smallest absolute Gasteiger partial charge is 0.307 e. The molecule has 2 aromatic heterocycles. The Kier molecular flexibility index (Phi) is 5.08. The van der Waals surface area contributed by atoms with Crippen LogP contribution in [0.2, 0.25) is 0 Å². The van der Waals surface area contributed by atoms with Gasteiger partial charge in [-0.15, -0.1) is 0 Å². The van der Waals surface area contributed by atoms with Crippen LogP contribution in [0, 0.1) is 0 Å². The van der Waals surface area contributed by atoms with E-state index in [2.05, 4.69) is 21.4 Å². The van der Waals surface area contributed by atoms with E-state index < -0.39 is 0 Å². The third kappa shape index (κ3) is 4.29. The molecule has 2 aromatic carbocycles. The van der Waals surface area contributed by atoms with Crippen molar-refractivity contribution in [3.63, 3.8) is 0 Å². The number of aromatic hydroxyl groups is 1. The number of para-hydroxylation sites is 1. The summed E-state index contributed by atoms with van der Waals surface area (Å²) in [6.45, 7) is 1.18. The molecule has 0 saturated heterocycles. The van der Waals surface area contributed by atoms with Gasteiger partial charge in [0, 0.05) is 6.42 Å². The van der Waals surface area contributed by atoms with Crippen molar-refractivity contribution in [2.75, 3.05) is 18.5 Å². The van der Waals surface area contributed by atoms with Crippen molar-refractivity contribution < 1.29 is 9.84 Å². The van der Waals surface area contributed by atoms with Crippen molar-refractivity contribution in [1.29, 1.82) is 0 Å². The van der Waals surface area contributed by atoms with Crippen LogP contribution in [-0.2, 0) is 6.42 Å². The minimum atomic E-state index is -0.247. The van der Waals surface area contributed by atoms with Crippen LogP contribution in [0.15, 0.2) is 53.3 Å². The molecule has 8 heteroatoms. The lowest BCUT2D eigenvalue weighted by molar-refractivity contribution is 0.333. The number of benzene rings is 2. The molecule has 0 amide bonds. The van der Waals surface area contributed by atoms with E-state index in [4.69, 9.17) is 4.74 Å². The normalized spacial score (nSPS) is 11.0. The molecule has 4 rings (SSSR count). The Bertz CT molecular complexity index is 1070. The maximum Gasteiger partial charge on any atom is 0.307 e. The molecule has 0 aliphatic rings. The Morgan fingerprint density at radius 3 is 2.67 bits per heavy atom. The van der Waals surface area contributed by atoms with E-state index in [0.717, 1.165) is 38.0 Å². The number of hydrogen-bond donors (Lipinski definition) is 3. The van der Waals surface area contributed by atoms with Crippen molar-refractivity contribution in [2.24, 2.45) is 0 Å². The molecule has 0 atom stereocenters. The Morgan fingerprint density at radius 2 is 1.93 bits per heavy atom. The second-order valence-corrected chi connectivity index (χ2v) is 7.97. The van der Waals surface area contributed by atoms with Crippen molar-refractivity contribution in [2.45, 2.75) is 6.42 Å². The summed E-state index contributed by atoms with van der Waals surface area (Å²) < 4.78 is 6.91. The van der Waals surface area contributed by atoms with Crippen molar-refractivity contribution in [1.82, 2.24) is 9.97 Å². The van der Waals surface area contributed by atoms with Crippen LogP contribution < -0.4 is 14.9 Å². The van der Waals surface area contributed by atoms with E-state index in [1.807, 2.05) is 42.5 Å². The summed E-state index contributed by atoms with van der Waals surface area (Å²) >= 11 is 2.65. The number of aromatic amines is 1. The molecule has 0 aliphatic carbocycles. The number of anilines is 1. The highest BCUT2D eigenvalue weighted by Crippen LogP contribution is 2.25. The number of hydrogen-bond acceptors (Lipinski definition) is 7. The van der Waals surface area contributed by atoms with Crippen LogP contribution in [0.1, 0.15) is 10.4 Å². The highest BCUT2D eigenvalue weighted by Gasteiger charge is 2.08. The van der Waals surface area contributed by atoms with Crippen molar-refractivity contribution >= 4 is 38.0 Å². The topological polar surface area (TPSA) is 87.2 Å². The molecule has 0 aliphatic heterocycles. The second-order valence-electron chi connectivity index (χ2n) is 5.87. The molecule has 4 aromatic rings. The van der Waals surface area contributed by atoms with Gasteiger partial charge in [-0.2, -0.15) is 0 Å². The van der Waals surface area contributed by atoms with Gasteiger partial charge in [-0.1, -0.05) is 46.9 Å². The van der Waals surface area contributed by atoms with Gasteiger partial charge >= 0.3 is 4.87 Å². The maximum absolute atomic E-state index is 11.2. The fraction of sp³-hybridized carbons (Fsp3) is 0.158. The number of nitrogens with one attached hydrogen (secondary N) is 2. The fourth-order valence-electron chi connectivity index (χ4n) is 2.64. The number of aromatic nitrogens is 2. The van der Waals surface area contributed by atoms with Crippen LogP contribution >= 0.6 is 22.7 Å². The number of nitrogens with zero attached hydrogens (tertiary/aromatic N) is 1. The zero-order valence-corrected chi connectivity index (χ0v) is 15.9. The van der Waals surface area contributed by atoms with E-state index in [-0.39, 0.29) is 10.8 Å². The number of ether oxygens (including phenoxy) is 1. The second kappa shape index (κ2) is 7.81. The summed E-state index contributed by atoms with van der Waals surface area (Å²) in [7, 11) is 0. The van der Waals surface area contributed by atoms with E-state index >= 15 is 0 Å². The van der Waals surface area contributed by atoms with Gasteiger partial charge in [0.15, 0.2) is 5.13 Å². The number of fused-ring (bicyclic) bond motifs is 1. The Balaban J connectivity index is 1.27. The number of thiazole rings is 2. The van der Waals surface area contributed by atoms with Crippen molar-refractivity contribution in [3.8, 4) is 11.6 Å². The highest BCUT2D eigenvalue weighted by molar-refractivity contribution is 7.22.